The molecular formula is C19H21BrO8. The molecule has 1 heterocycles. The molecular weight excluding hydrogens is 436 g/mol. The lowest BCUT2D eigenvalue weighted by Crippen LogP contribution is -2.41. The van der Waals surface area contributed by atoms with Crippen molar-refractivity contribution < 1.29 is 38.1 Å². The first-order valence-corrected chi connectivity index (χ1v) is 9.26. The molecule has 1 fully saturated rings. The number of esters is 3. The average Bonchev–Trinajstić information content (AvgIpc) is 2.59. The molecule has 0 bridgehead atoms. The zero-order chi connectivity index (χ0) is 21.1. The molecule has 1 saturated heterocycles. The molecule has 8 nitrogen and oxygen atoms in total. The van der Waals surface area contributed by atoms with Gasteiger partial charge in [0, 0.05) is 18.3 Å². The summed E-state index contributed by atoms with van der Waals surface area (Å²) in [6, 6.07) is 3.11. The third kappa shape index (κ3) is 5.03. The number of methoxy groups -OCH3 is 1. The van der Waals surface area contributed by atoms with Crippen LogP contribution in [-0.4, -0.2) is 43.5 Å². The number of hydrogen-bond acceptors (Lipinski definition) is 8. The minimum absolute atomic E-state index is 0.239. The van der Waals surface area contributed by atoms with E-state index in [0.29, 0.717) is 15.8 Å². The molecule has 1 aromatic carbocycles. The number of cyclic esters (lactones) is 2. The Morgan fingerprint density at radius 2 is 1.82 bits per heavy atom. The van der Waals surface area contributed by atoms with Crippen LogP contribution in [0.3, 0.4) is 0 Å². The second-order valence-corrected chi connectivity index (χ2v) is 7.13. The van der Waals surface area contributed by atoms with Crippen LogP contribution in [-0.2, 0) is 28.6 Å². The van der Waals surface area contributed by atoms with Crippen molar-refractivity contribution in [2.45, 2.75) is 39.6 Å². The van der Waals surface area contributed by atoms with Gasteiger partial charge in [0.05, 0.1) is 13.7 Å². The molecule has 0 N–H and O–H groups in total. The second kappa shape index (κ2) is 8.64. The minimum atomic E-state index is -1.32. The summed E-state index contributed by atoms with van der Waals surface area (Å²) in [6.07, 6.45) is 0.473. The smallest absolute Gasteiger partial charge is 0.348 e. The van der Waals surface area contributed by atoms with Crippen molar-refractivity contribution in [3.05, 3.63) is 27.7 Å². The van der Waals surface area contributed by atoms with Gasteiger partial charge in [-0.25, -0.2) is 14.4 Å². The molecule has 0 saturated carbocycles. The van der Waals surface area contributed by atoms with Crippen molar-refractivity contribution in [1.82, 2.24) is 0 Å². The summed E-state index contributed by atoms with van der Waals surface area (Å²) in [7, 11) is 1.42. The highest BCUT2D eigenvalue weighted by Gasteiger charge is 2.39. The van der Waals surface area contributed by atoms with Crippen LogP contribution in [0.15, 0.2) is 22.2 Å². The van der Waals surface area contributed by atoms with Crippen LogP contribution in [0.1, 0.15) is 33.3 Å². The van der Waals surface area contributed by atoms with Gasteiger partial charge in [-0.1, -0.05) is 15.9 Å². The molecule has 28 heavy (non-hydrogen) atoms. The van der Waals surface area contributed by atoms with E-state index in [1.165, 1.54) is 27.0 Å². The second-order valence-electron chi connectivity index (χ2n) is 6.27. The first-order chi connectivity index (χ1) is 13.1. The number of benzene rings is 1. The van der Waals surface area contributed by atoms with E-state index in [0.717, 1.165) is 0 Å². The number of hydrogen-bond donors (Lipinski definition) is 0. The van der Waals surface area contributed by atoms with Gasteiger partial charge in [0.25, 0.3) is 5.79 Å². The van der Waals surface area contributed by atoms with Gasteiger partial charge < -0.3 is 23.7 Å². The van der Waals surface area contributed by atoms with E-state index in [-0.39, 0.29) is 17.9 Å². The van der Waals surface area contributed by atoms with Crippen molar-refractivity contribution >= 4 is 39.9 Å². The molecule has 0 aromatic heterocycles. The molecule has 1 aliphatic rings. The van der Waals surface area contributed by atoms with E-state index in [1.807, 2.05) is 0 Å². The predicted molar refractivity (Wildman–Crippen MR) is 102 cm³/mol. The highest BCUT2D eigenvalue weighted by atomic mass is 79.9. The largest absolute Gasteiger partial charge is 0.493 e. The lowest BCUT2D eigenvalue weighted by Gasteiger charge is -2.29. The lowest BCUT2D eigenvalue weighted by atomic mass is 10.1. The number of ether oxygens (including phenoxy) is 5. The van der Waals surface area contributed by atoms with Gasteiger partial charge >= 0.3 is 17.9 Å². The molecule has 9 heteroatoms. The Bertz CT molecular complexity index is 805. The summed E-state index contributed by atoms with van der Waals surface area (Å²) in [5.41, 5.74) is 0.201. The fourth-order valence-corrected chi connectivity index (χ4v) is 2.78. The summed E-state index contributed by atoms with van der Waals surface area (Å²) in [6.45, 7) is 6.43. The van der Waals surface area contributed by atoms with Gasteiger partial charge in [-0.05, 0) is 37.6 Å². The van der Waals surface area contributed by atoms with Crippen molar-refractivity contribution in [3.63, 3.8) is 0 Å². The summed E-state index contributed by atoms with van der Waals surface area (Å²) in [5.74, 6) is -2.83. The van der Waals surface area contributed by atoms with E-state index in [2.05, 4.69) is 15.9 Å². The van der Waals surface area contributed by atoms with Crippen LogP contribution >= 0.6 is 15.9 Å². The summed E-state index contributed by atoms with van der Waals surface area (Å²) < 4.78 is 26.5. The van der Waals surface area contributed by atoms with Crippen molar-refractivity contribution in [1.29, 1.82) is 0 Å². The molecule has 2 rings (SSSR count). The SMILES string of the molecule is CCOC(=O)C(C)Oc1cc(Br)c(C=C2C(=O)OC(C)(C)OC2=O)cc1OC. The fourth-order valence-electron chi connectivity index (χ4n) is 2.35. The minimum Gasteiger partial charge on any atom is -0.493 e. The quantitative estimate of drug-likeness (QED) is 0.366. The highest BCUT2D eigenvalue weighted by molar-refractivity contribution is 9.10. The highest BCUT2D eigenvalue weighted by Crippen LogP contribution is 2.36. The maximum absolute atomic E-state index is 12.1. The number of carbonyl (C=O) groups is 3. The van der Waals surface area contributed by atoms with Crippen LogP contribution in [0.2, 0.25) is 0 Å². The number of rotatable bonds is 6. The Labute approximate surface area is 170 Å². The normalized spacial score (nSPS) is 16.6. The Morgan fingerprint density at radius 1 is 1.21 bits per heavy atom. The third-order valence-corrected chi connectivity index (χ3v) is 4.31. The van der Waals surface area contributed by atoms with Crippen LogP contribution in [0, 0.1) is 0 Å². The van der Waals surface area contributed by atoms with Crippen LogP contribution in [0.25, 0.3) is 6.08 Å². The maximum atomic E-state index is 12.1. The first-order valence-electron chi connectivity index (χ1n) is 8.47. The fraction of sp³-hybridized carbons (Fsp3) is 0.421. The molecule has 0 aliphatic carbocycles. The van der Waals surface area contributed by atoms with Crippen LogP contribution in [0.4, 0.5) is 0 Å². The third-order valence-electron chi connectivity index (χ3n) is 3.62. The number of carbonyl (C=O) groups excluding carboxylic acids is 3. The molecule has 0 spiro atoms. The molecule has 152 valence electrons. The lowest BCUT2D eigenvalue weighted by molar-refractivity contribution is -0.222. The van der Waals surface area contributed by atoms with Crippen molar-refractivity contribution in [3.8, 4) is 11.5 Å². The summed E-state index contributed by atoms with van der Waals surface area (Å²) in [5, 5.41) is 0. The van der Waals surface area contributed by atoms with E-state index < -0.39 is 29.8 Å². The van der Waals surface area contributed by atoms with Gasteiger partial charge in [-0.15, -0.1) is 0 Å². The average molecular weight is 457 g/mol. The Balaban J connectivity index is 2.34. The van der Waals surface area contributed by atoms with Gasteiger partial charge in [-0.2, -0.15) is 0 Å². The summed E-state index contributed by atoms with van der Waals surface area (Å²) >= 11 is 3.36. The van der Waals surface area contributed by atoms with E-state index >= 15 is 0 Å². The zero-order valence-electron chi connectivity index (χ0n) is 16.2. The molecule has 1 atom stereocenters. The van der Waals surface area contributed by atoms with Crippen molar-refractivity contribution in [2.75, 3.05) is 13.7 Å². The van der Waals surface area contributed by atoms with E-state index in [1.54, 1.807) is 26.0 Å². The monoisotopic (exact) mass is 456 g/mol. The molecule has 0 amide bonds. The molecule has 0 radical (unpaired) electrons. The Kier molecular flexibility index (Phi) is 6.71. The first kappa shape index (κ1) is 21.7. The van der Waals surface area contributed by atoms with Crippen LogP contribution < -0.4 is 9.47 Å². The Morgan fingerprint density at radius 3 is 2.36 bits per heavy atom. The van der Waals surface area contributed by atoms with Gasteiger partial charge in [0.2, 0.25) is 0 Å². The number of halogens is 1. The van der Waals surface area contributed by atoms with Crippen LogP contribution in [0.5, 0.6) is 11.5 Å². The molecule has 1 aliphatic heterocycles. The topological polar surface area (TPSA) is 97.4 Å². The maximum Gasteiger partial charge on any atom is 0.348 e. The summed E-state index contributed by atoms with van der Waals surface area (Å²) in [4.78, 5) is 36.0. The Hall–Kier alpha value is -2.55. The standard InChI is InChI=1S/C19H21BrO8/c1-6-25-16(21)10(2)26-15-9-13(20)11(8-14(15)24-5)7-12-17(22)27-19(3,4)28-18(12)23/h7-10H,6H2,1-5H3. The zero-order valence-corrected chi connectivity index (χ0v) is 17.7. The van der Waals surface area contributed by atoms with Gasteiger partial charge in [-0.3, -0.25) is 0 Å². The van der Waals surface area contributed by atoms with E-state index in [4.69, 9.17) is 23.7 Å². The predicted octanol–water partition coefficient (Wildman–Crippen LogP) is 3.01. The van der Waals surface area contributed by atoms with Crippen molar-refractivity contribution in [2.24, 2.45) is 0 Å². The molecule has 1 unspecified atom stereocenters. The van der Waals surface area contributed by atoms with Gasteiger partial charge in [0.1, 0.15) is 5.57 Å². The van der Waals surface area contributed by atoms with Gasteiger partial charge in [0.15, 0.2) is 17.6 Å². The molecule has 1 aromatic rings. The van der Waals surface area contributed by atoms with E-state index in [9.17, 15) is 14.4 Å².